The van der Waals surface area contributed by atoms with Crippen molar-refractivity contribution in [2.45, 2.75) is 31.8 Å². The molecule has 0 spiro atoms. The van der Waals surface area contributed by atoms with Gasteiger partial charge in [0.05, 0.1) is 10.6 Å². The first-order valence-electron chi connectivity index (χ1n) is 4.99. The summed E-state index contributed by atoms with van der Waals surface area (Å²) in [4.78, 5) is 4.45. The first kappa shape index (κ1) is 10.1. The molecule has 0 aliphatic carbocycles. The fourth-order valence-corrected chi connectivity index (χ4v) is 2.79. The molecule has 1 fully saturated rings. The average Bonchev–Trinajstić information content (AvgIpc) is 2.77. The van der Waals surface area contributed by atoms with Gasteiger partial charge in [0.1, 0.15) is 0 Å². The van der Waals surface area contributed by atoms with Crippen LogP contribution in [0.15, 0.2) is 5.38 Å². The highest BCUT2D eigenvalue weighted by Crippen LogP contribution is 2.29. The maximum absolute atomic E-state index is 5.78. The van der Waals surface area contributed by atoms with Gasteiger partial charge in [-0.15, -0.1) is 11.3 Å². The fraction of sp³-hybridized carbons (Fsp3) is 0.700. The molecule has 1 aromatic rings. The third-order valence-corrected chi connectivity index (χ3v) is 3.66. The molecule has 1 aliphatic rings. The van der Waals surface area contributed by atoms with Crippen LogP contribution in [-0.2, 0) is 11.2 Å². The van der Waals surface area contributed by atoms with Crippen LogP contribution in [0.4, 0.5) is 0 Å². The van der Waals surface area contributed by atoms with E-state index in [-0.39, 0.29) is 5.60 Å². The van der Waals surface area contributed by atoms with Crippen LogP contribution >= 0.6 is 11.3 Å². The summed E-state index contributed by atoms with van der Waals surface area (Å²) in [5.41, 5.74) is 6.75. The molecule has 0 saturated carbocycles. The largest absolute Gasteiger partial charge is 0.373 e. The Labute approximate surface area is 88.3 Å². The minimum absolute atomic E-state index is 0.121. The van der Waals surface area contributed by atoms with Gasteiger partial charge in [0.15, 0.2) is 0 Å². The molecule has 2 N–H and O–H groups in total. The zero-order chi connectivity index (χ0) is 10.0. The lowest BCUT2D eigenvalue weighted by Crippen LogP contribution is -2.39. The second-order valence-corrected chi connectivity index (χ2v) is 4.84. The molecule has 3 nitrogen and oxygen atoms in total. The lowest BCUT2D eigenvalue weighted by molar-refractivity contribution is 0.0122. The Morgan fingerprint density at radius 3 is 3.07 bits per heavy atom. The van der Waals surface area contributed by atoms with Crippen LogP contribution in [0, 0.1) is 6.92 Å². The molecular weight excluding hydrogens is 196 g/mol. The molecule has 1 atom stereocenters. The van der Waals surface area contributed by atoms with Crippen LogP contribution in [0.5, 0.6) is 0 Å². The number of aromatic nitrogens is 1. The van der Waals surface area contributed by atoms with Crippen LogP contribution in [0.3, 0.4) is 0 Å². The van der Waals surface area contributed by atoms with Gasteiger partial charge < -0.3 is 10.5 Å². The van der Waals surface area contributed by atoms with Gasteiger partial charge in [0, 0.05) is 30.6 Å². The maximum atomic E-state index is 5.78. The van der Waals surface area contributed by atoms with Gasteiger partial charge >= 0.3 is 0 Å². The second kappa shape index (κ2) is 3.96. The lowest BCUT2D eigenvalue weighted by Gasteiger charge is -2.25. The highest BCUT2D eigenvalue weighted by atomic mass is 32.1. The van der Waals surface area contributed by atoms with E-state index in [1.165, 1.54) is 0 Å². The Bertz CT molecular complexity index is 305. The average molecular weight is 212 g/mol. The number of ether oxygens (including phenoxy) is 1. The number of rotatable bonds is 3. The van der Waals surface area contributed by atoms with E-state index in [9.17, 15) is 0 Å². The van der Waals surface area contributed by atoms with Crippen molar-refractivity contribution >= 4 is 11.3 Å². The Hall–Kier alpha value is -0.450. The molecule has 1 aliphatic heterocycles. The van der Waals surface area contributed by atoms with E-state index in [1.54, 1.807) is 11.3 Å². The molecule has 0 amide bonds. The van der Waals surface area contributed by atoms with E-state index in [0.717, 1.165) is 36.6 Å². The first-order valence-corrected chi connectivity index (χ1v) is 5.87. The van der Waals surface area contributed by atoms with E-state index in [2.05, 4.69) is 10.4 Å². The monoisotopic (exact) mass is 212 g/mol. The lowest BCUT2D eigenvalue weighted by atomic mass is 9.97. The minimum atomic E-state index is -0.121. The number of nitrogens with zero attached hydrogens (tertiary/aromatic N) is 1. The van der Waals surface area contributed by atoms with E-state index < -0.39 is 0 Å². The Balaban J connectivity index is 2.08. The number of thiazole rings is 1. The van der Waals surface area contributed by atoms with Crippen molar-refractivity contribution in [1.29, 1.82) is 0 Å². The molecule has 1 saturated heterocycles. The molecule has 0 radical (unpaired) electrons. The van der Waals surface area contributed by atoms with Crippen molar-refractivity contribution in [2.75, 3.05) is 13.2 Å². The van der Waals surface area contributed by atoms with Crippen LogP contribution in [-0.4, -0.2) is 23.7 Å². The summed E-state index contributed by atoms with van der Waals surface area (Å²) in [6.07, 6.45) is 3.08. The molecule has 2 rings (SSSR count). The van der Waals surface area contributed by atoms with Crippen molar-refractivity contribution in [2.24, 2.45) is 5.73 Å². The topological polar surface area (TPSA) is 48.1 Å². The summed E-state index contributed by atoms with van der Waals surface area (Å²) in [5.74, 6) is 0. The zero-order valence-corrected chi connectivity index (χ0v) is 9.27. The van der Waals surface area contributed by atoms with Crippen molar-refractivity contribution in [3.8, 4) is 0 Å². The normalized spacial score (nSPS) is 27.0. The summed E-state index contributed by atoms with van der Waals surface area (Å²) in [7, 11) is 0. The predicted molar refractivity (Wildman–Crippen MR) is 57.5 cm³/mol. The van der Waals surface area contributed by atoms with Gasteiger partial charge in [0.2, 0.25) is 0 Å². The van der Waals surface area contributed by atoms with Crippen LogP contribution in [0.2, 0.25) is 0 Å². The van der Waals surface area contributed by atoms with Crippen LogP contribution in [0.25, 0.3) is 0 Å². The summed E-state index contributed by atoms with van der Waals surface area (Å²) >= 11 is 1.70. The molecule has 1 aromatic heterocycles. The van der Waals surface area contributed by atoms with Gasteiger partial charge in [-0.05, 0) is 19.8 Å². The van der Waals surface area contributed by atoms with Crippen molar-refractivity contribution in [3.63, 3.8) is 0 Å². The summed E-state index contributed by atoms with van der Waals surface area (Å²) in [6.45, 7) is 3.47. The Morgan fingerprint density at radius 1 is 1.71 bits per heavy atom. The molecule has 0 bridgehead atoms. The van der Waals surface area contributed by atoms with Gasteiger partial charge in [-0.2, -0.15) is 0 Å². The van der Waals surface area contributed by atoms with Crippen molar-refractivity contribution < 1.29 is 4.74 Å². The highest BCUT2D eigenvalue weighted by Gasteiger charge is 2.34. The smallest absolute Gasteiger partial charge is 0.0957 e. The van der Waals surface area contributed by atoms with Crippen molar-refractivity contribution in [1.82, 2.24) is 4.98 Å². The van der Waals surface area contributed by atoms with Gasteiger partial charge in [-0.1, -0.05) is 0 Å². The standard InChI is InChI=1S/C10H16N2OS/c1-8-6-14-9(12-8)5-10(7-11)3-2-4-13-10/h6H,2-5,7,11H2,1H3. The Morgan fingerprint density at radius 2 is 2.57 bits per heavy atom. The molecule has 14 heavy (non-hydrogen) atoms. The third-order valence-electron chi connectivity index (χ3n) is 2.70. The highest BCUT2D eigenvalue weighted by molar-refractivity contribution is 7.09. The number of hydrogen-bond donors (Lipinski definition) is 1. The molecule has 0 aromatic carbocycles. The zero-order valence-electron chi connectivity index (χ0n) is 8.45. The first-order chi connectivity index (χ1) is 6.74. The molecule has 4 heteroatoms. The van der Waals surface area contributed by atoms with Crippen LogP contribution < -0.4 is 5.73 Å². The summed E-state index contributed by atoms with van der Waals surface area (Å²) in [5, 5.41) is 3.23. The molecular formula is C10H16N2OS. The fourth-order valence-electron chi connectivity index (χ4n) is 1.89. The van der Waals surface area contributed by atoms with Crippen molar-refractivity contribution in [3.05, 3.63) is 16.1 Å². The number of nitrogens with two attached hydrogens (primary N) is 1. The van der Waals surface area contributed by atoms with E-state index in [1.807, 2.05) is 6.92 Å². The van der Waals surface area contributed by atoms with Gasteiger partial charge in [-0.25, -0.2) is 4.98 Å². The SMILES string of the molecule is Cc1csc(CC2(CN)CCCO2)n1. The van der Waals surface area contributed by atoms with Gasteiger partial charge in [0.25, 0.3) is 0 Å². The van der Waals surface area contributed by atoms with Gasteiger partial charge in [-0.3, -0.25) is 0 Å². The maximum Gasteiger partial charge on any atom is 0.0957 e. The summed E-state index contributed by atoms with van der Waals surface area (Å²) in [6, 6.07) is 0. The van der Waals surface area contributed by atoms with E-state index >= 15 is 0 Å². The minimum Gasteiger partial charge on any atom is -0.373 e. The van der Waals surface area contributed by atoms with E-state index in [4.69, 9.17) is 10.5 Å². The molecule has 2 heterocycles. The second-order valence-electron chi connectivity index (χ2n) is 3.90. The quantitative estimate of drug-likeness (QED) is 0.826. The number of hydrogen-bond acceptors (Lipinski definition) is 4. The Kier molecular flexibility index (Phi) is 2.85. The predicted octanol–water partition coefficient (Wildman–Crippen LogP) is 1.50. The van der Waals surface area contributed by atoms with E-state index in [0.29, 0.717) is 6.54 Å². The third kappa shape index (κ3) is 1.97. The van der Waals surface area contributed by atoms with Crippen LogP contribution in [0.1, 0.15) is 23.5 Å². The summed E-state index contributed by atoms with van der Waals surface area (Å²) < 4.78 is 5.74. The molecule has 78 valence electrons. The number of aryl methyl sites for hydroxylation is 1. The molecule has 1 unspecified atom stereocenters.